The van der Waals surface area contributed by atoms with E-state index >= 15 is 0 Å². The molecule has 2 heterocycles. The molecule has 0 bridgehead atoms. The summed E-state index contributed by atoms with van der Waals surface area (Å²) < 4.78 is 38.1. The van der Waals surface area contributed by atoms with Crippen LogP contribution in [-0.4, -0.2) is 20.2 Å². The standard InChI is InChI=1S/C20H19N3O4S/c1-13-4-3-5-17(14(13)2)22-15-6-9-20(21-11-15)23-28(24,25)16-7-8-18-19(10-16)27-12-26-18/h3-11,22H,12H2,1-2H3,(H,21,23). The van der Waals surface area contributed by atoms with Crippen molar-refractivity contribution in [1.29, 1.82) is 0 Å². The van der Waals surface area contributed by atoms with Gasteiger partial charge in [0.1, 0.15) is 5.82 Å². The van der Waals surface area contributed by atoms with Gasteiger partial charge in [-0.05, 0) is 55.3 Å². The van der Waals surface area contributed by atoms with Crippen LogP contribution in [0.25, 0.3) is 0 Å². The number of hydrogen-bond acceptors (Lipinski definition) is 6. The summed E-state index contributed by atoms with van der Waals surface area (Å²) in [4.78, 5) is 4.28. The van der Waals surface area contributed by atoms with E-state index in [9.17, 15) is 8.42 Å². The molecule has 0 atom stereocenters. The Morgan fingerprint density at radius 3 is 2.61 bits per heavy atom. The van der Waals surface area contributed by atoms with Crippen LogP contribution < -0.4 is 19.5 Å². The largest absolute Gasteiger partial charge is 0.454 e. The second-order valence-corrected chi connectivity index (χ2v) is 8.11. The highest BCUT2D eigenvalue weighted by molar-refractivity contribution is 7.92. The second-order valence-electron chi connectivity index (χ2n) is 6.43. The highest BCUT2D eigenvalue weighted by Gasteiger charge is 2.20. The first kappa shape index (κ1) is 18.1. The first-order valence-electron chi connectivity index (χ1n) is 8.64. The minimum Gasteiger partial charge on any atom is -0.454 e. The molecule has 0 amide bonds. The predicted octanol–water partition coefficient (Wildman–Crippen LogP) is 3.97. The zero-order valence-electron chi connectivity index (χ0n) is 15.4. The van der Waals surface area contributed by atoms with Gasteiger partial charge in [-0.15, -0.1) is 0 Å². The molecule has 4 rings (SSSR count). The van der Waals surface area contributed by atoms with E-state index in [-0.39, 0.29) is 17.5 Å². The minimum absolute atomic E-state index is 0.0798. The summed E-state index contributed by atoms with van der Waals surface area (Å²) in [5.41, 5.74) is 4.08. The SMILES string of the molecule is Cc1cccc(Nc2ccc(NS(=O)(=O)c3ccc4c(c3)OCO4)nc2)c1C. The van der Waals surface area contributed by atoms with Gasteiger partial charge in [0.25, 0.3) is 10.0 Å². The Bertz CT molecular complexity index is 1130. The van der Waals surface area contributed by atoms with Gasteiger partial charge in [0, 0.05) is 11.8 Å². The van der Waals surface area contributed by atoms with E-state index in [1.807, 2.05) is 32.0 Å². The maximum absolute atomic E-state index is 12.6. The molecule has 0 saturated carbocycles. The molecular weight excluding hydrogens is 378 g/mol. The topological polar surface area (TPSA) is 89.5 Å². The smallest absolute Gasteiger partial charge is 0.263 e. The van der Waals surface area contributed by atoms with Crippen molar-refractivity contribution in [2.45, 2.75) is 18.7 Å². The van der Waals surface area contributed by atoms with Crippen LogP contribution in [0.2, 0.25) is 0 Å². The van der Waals surface area contributed by atoms with Crippen molar-refractivity contribution in [3.8, 4) is 11.5 Å². The molecule has 0 radical (unpaired) electrons. The van der Waals surface area contributed by atoms with Crippen LogP contribution in [0.5, 0.6) is 11.5 Å². The van der Waals surface area contributed by atoms with Gasteiger partial charge in [-0.1, -0.05) is 12.1 Å². The number of nitrogens with zero attached hydrogens (tertiary/aromatic N) is 1. The average Bonchev–Trinajstić information content (AvgIpc) is 3.15. The highest BCUT2D eigenvalue weighted by Crippen LogP contribution is 2.34. The number of sulfonamides is 1. The van der Waals surface area contributed by atoms with Gasteiger partial charge in [0.15, 0.2) is 11.5 Å². The van der Waals surface area contributed by atoms with Crippen molar-refractivity contribution in [2.75, 3.05) is 16.8 Å². The van der Waals surface area contributed by atoms with E-state index in [1.165, 1.54) is 17.7 Å². The van der Waals surface area contributed by atoms with Crippen molar-refractivity contribution in [3.05, 3.63) is 65.9 Å². The lowest BCUT2D eigenvalue weighted by atomic mass is 10.1. The summed E-state index contributed by atoms with van der Waals surface area (Å²) in [7, 11) is -3.79. The zero-order chi connectivity index (χ0) is 19.7. The summed E-state index contributed by atoms with van der Waals surface area (Å²) in [6.45, 7) is 4.18. The van der Waals surface area contributed by atoms with Gasteiger partial charge >= 0.3 is 0 Å². The third-order valence-corrected chi connectivity index (χ3v) is 5.89. The molecule has 0 saturated heterocycles. The Kier molecular flexibility index (Phi) is 4.56. The molecule has 0 fully saturated rings. The maximum atomic E-state index is 12.6. The van der Waals surface area contributed by atoms with Gasteiger partial charge < -0.3 is 14.8 Å². The second kappa shape index (κ2) is 7.05. The van der Waals surface area contributed by atoms with Crippen LogP contribution in [0.1, 0.15) is 11.1 Å². The molecule has 0 unspecified atom stereocenters. The molecular formula is C20H19N3O4S. The molecule has 3 aromatic rings. The fraction of sp³-hybridized carbons (Fsp3) is 0.150. The Labute approximate surface area is 163 Å². The molecule has 144 valence electrons. The van der Waals surface area contributed by atoms with Crippen molar-refractivity contribution in [2.24, 2.45) is 0 Å². The maximum Gasteiger partial charge on any atom is 0.263 e. The van der Waals surface area contributed by atoms with Gasteiger partial charge in [0.2, 0.25) is 6.79 Å². The lowest BCUT2D eigenvalue weighted by Gasteiger charge is -2.12. The molecule has 2 N–H and O–H groups in total. The first-order valence-corrected chi connectivity index (χ1v) is 10.1. The third kappa shape index (κ3) is 3.59. The van der Waals surface area contributed by atoms with Gasteiger partial charge in [-0.25, -0.2) is 13.4 Å². The number of ether oxygens (including phenoxy) is 2. The monoisotopic (exact) mass is 397 g/mol. The molecule has 2 aromatic carbocycles. The molecule has 28 heavy (non-hydrogen) atoms. The number of fused-ring (bicyclic) bond motifs is 1. The fourth-order valence-corrected chi connectivity index (χ4v) is 3.83. The number of anilines is 3. The van der Waals surface area contributed by atoms with E-state index in [2.05, 4.69) is 15.0 Å². The fourth-order valence-electron chi connectivity index (χ4n) is 2.81. The molecule has 1 aliphatic heterocycles. The van der Waals surface area contributed by atoms with Crippen molar-refractivity contribution in [3.63, 3.8) is 0 Å². The number of rotatable bonds is 5. The number of aromatic nitrogens is 1. The average molecular weight is 397 g/mol. The van der Waals surface area contributed by atoms with Crippen LogP contribution in [0, 0.1) is 13.8 Å². The molecule has 1 aromatic heterocycles. The van der Waals surface area contributed by atoms with Crippen LogP contribution in [0.15, 0.2) is 59.6 Å². The minimum atomic E-state index is -3.79. The van der Waals surface area contributed by atoms with Crippen molar-refractivity contribution in [1.82, 2.24) is 4.98 Å². The highest BCUT2D eigenvalue weighted by atomic mass is 32.2. The van der Waals surface area contributed by atoms with E-state index in [1.54, 1.807) is 24.4 Å². The van der Waals surface area contributed by atoms with Crippen molar-refractivity contribution < 1.29 is 17.9 Å². The number of aryl methyl sites for hydroxylation is 1. The molecule has 7 nitrogen and oxygen atoms in total. The summed E-state index contributed by atoms with van der Waals surface area (Å²) in [5.74, 6) is 1.16. The normalized spacial score (nSPS) is 12.6. The van der Waals surface area contributed by atoms with Gasteiger partial charge in [0.05, 0.1) is 16.8 Å². The number of hydrogen-bond donors (Lipinski definition) is 2. The molecule has 0 aliphatic carbocycles. The van der Waals surface area contributed by atoms with Crippen LogP contribution in [0.3, 0.4) is 0 Å². The number of pyridine rings is 1. The van der Waals surface area contributed by atoms with Crippen LogP contribution in [-0.2, 0) is 10.0 Å². The third-order valence-electron chi connectivity index (χ3n) is 4.54. The van der Waals surface area contributed by atoms with E-state index in [4.69, 9.17) is 9.47 Å². The van der Waals surface area contributed by atoms with E-state index < -0.39 is 10.0 Å². The van der Waals surface area contributed by atoms with E-state index in [0.717, 1.165) is 16.9 Å². The zero-order valence-corrected chi connectivity index (χ0v) is 16.2. The first-order chi connectivity index (χ1) is 13.4. The summed E-state index contributed by atoms with van der Waals surface area (Å²) in [5, 5.41) is 3.29. The molecule has 1 aliphatic rings. The molecule has 0 spiro atoms. The van der Waals surface area contributed by atoms with Gasteiger partial charge in [-0.3, -0.25) is 4.72 Å². The summed E-state index contributed by atoms with van der Waals surface area (Å²) in [6.07, 6.45) is 1.58. The lowest BCUT2D eigenvalue weighted by molar-refractivity contribution is 0.174. The Balaban J connectivity index is 1.50. The summed E-state index contributed by atoms with van der Waals surface area (Å²) >= 11 is 0. The Morgan fingerprint density at radius 1 is 1.00 bits per heavy atom. The van der Waals surface area contributed by atoms with Gasteiger partial charge in [-0.2, -0.15) is 0 Å². The van der Waals surface area contributed by atoms with Crippen molar-refractivity contribution >= 4 is 27.2 Å². The molecule has 8 heteroatoms. The lowest BCUT2D eigenvalue weighted by Crippen LogP contribution is -2.13. The van der Waals surface area contributed by atoms with Crippen LogP contribution in [0.4, 0.5) is 17.2 Å². The van der Waals surface area contributed by atoms with Crippen LogP contribution >= 0.6 is 0 Å². The predicted molar refractivity (Wildman–Crippen MR) is 107 cm³/mol. The van der Waals surface area contributed by atoms with E-state index in [0.29, 0.717) is 11.5 Å². The number of benzene rings is 2. The number of nitrogens with one attached hydrogen (secondary N) is 2. The quantitative estimate of drug-likeness (QED) is 0.677. The Hall–Kier alpha value is -3.26. The Morgan fingerprint density at radius 2 is 1.82 bits per heavy atom. The summed E-state index contributed by atoms with van der Waals surface area (Å²) in [6, 6.07) is 13.9.